The van der Waals surface area contributed by atoms with Gasteiger partial charge in [-0.1, -0.05) is 124 Å². The minimum absolute atomic E-state index is 0. The maximum Gasteiger partial charge on any atom is 0.0249 e. The van der Waals surface area contributed by atoms with Crippen LogP contribution in [0.25, 0.3) is 0 Å². The second-order valence-corrected chi connectivity index (χ2v) is 9.60. The Kier molecular flexibility index (Phi) is 34.5. The third kappa shape index (κ3) is 22.1. The van der Waals surface area contributed by atoms with Gasteiger partial charge in [0.05, 0.1) is 0 Å². The molecule has 1 radical (unpaired) electrons. The van der Waals surface area contributed by atoms with Crippen molar-refractivity contribution >= 4 is 17.2 Å². The van der Waals surface area contributed by atoms with E-state index in [-0.39, 0.29) is 32.7 Å². The van der Waals surface area contributed by atoms with Crippen LogP contribution in [-0.4, -0.2) is 0 Å². The first-order chi connectivity index (χ1) is 20.7. The zero-order valence-corrected chi connectivity index (χ0v) is 33.0. The summed E-state index contributed by atoms with van der Waals surface area (Å²) in [6.45, 7) is 22.0. The molecule has 0 heterocycles. The molecule has 43 heavy (non-hydrogen) atoms. The van der Waals surface area contributed by atoms with Gasteiger partial charge in [0.15, 0.2) is 0 Å². The molecule has 4 rings (SSSR count). The molecular weight excluding hydrogens is 631 g/mol. The van der Waals surface area contributed by atoms with Gasteiger partial charge in [-0.3, -0.25) is 0 Å². The molecular formula is C40H52P2Y-2. The Morgan fingerprint density at radius 3 is 1.23 bits per heavy atom. The summed E-state index contributed by atoms with van der Waals surface area (Å²) in [4.78, 5) is 0. The molecule has 0 nitrogen and oxygen atoms in total. The summed E-state index contributed by atoms with van der Waals surface area (Å²) in [5, 5.41) is 0. The van der Waals surface area contributed by atoms with E-state index in [1.165, 1.54) is 11.1 Å². The summed E-state index contributed by atoms with van der Waals surface area (Å²) in [5.41, 5.74) is 7.91. The smallest absolute Gasteiger partial charge is 0.0249 e. The Morgan fingerprint density at radius 2 is 0.884 bits per heavy atom. The number of hydrogen-bond acceptors (Lipinski definition) is 0. The van der Waals surface area contributed by atoms with E-state index in [2.05, 4.69) is 101 Å². The summed E-state index contributed by atoms with van der Waals surface area (Å²) < 4.78 is 0. The van der Waals surface area contributed by atoms with Gasteiger partial charge in [0.25, 0.3) is 0 Å². The van der Waals surface area contributed by atoms with Gasteiger partial charge in [-0.05, 0) is 48.0 Å². The van der Waals surface area contributed by atoms with Crippen molar-refractivity contribution in [1.82, 2.24) is 0 Å². The van der Waals surface area contributed by atoms with Crippen LogP contribution in [0.3, 0.4) is 0 Å². The van der Waals surface area contributed by atoms with Gasteiger partial charge in [0.1, 0.15) is 0 Å². The fourth-order valence-electron chi connectivity index (χ4n) is 2.99. The van der Waals surface area contributed by atoms with Gasteiger partial charge >= 0.3 is 0 Å². The zero-order valence-electron chi connectivity index (χ0n) is 28.0. The Morgan fingerprint density at radius 1 is 0.558 bits per heavy atom. The Bertz CT molecular complexity index is 1270. The van der Waals surface area contributed by atoms with Gasteiger partial charge in [0.2, 0.25) is 0 Å². The molecule has 0 aliphatic heterocycles. The van der Waals surface area contributed by atoms with Crippen molar-refractivity contribution in [3.63, 3.8) is 0 Å². The molecule has 3 heteroatoms. The normalized spacial score (nSPS) is 8.33. The van der Waals surface area contributed by atoms with Crippen LogP contribution >= 0.6 is 17.2 Å². The third-order valence-electron chi connectivity index (χ3n) is 5.00. The third-order valence-corrected chi connectivity index (χ3v) is 6.22. The van der Waals surface area contributed by atoms with Crippen LogP contribution in [0.1, 0.15) is 101 Å². The minimum Gasteiger partial charge on any atom is -0.199 e. The molecule has 0 saturated heterocycles. The quantitative estimate of drug-likeness (QED) is 0.115. The first kappa shape index (κ1) is 45.3. The van der Waals surface area contributed by atoms with Crippen LogP contribution in [0.2, 0.25) is 0 Å². The summed E-state index contributed by atoms with van der Waals surface area (Å²) in [5.74, 6) is 12.6. The van der Waals surface area contributed by atoms with Gasteiger partial charge in [-0.15, -0.1) is 21.1 Å². The fourth-order valence-corrected chi connectivity index (χ4v) is 4.17. The monoisotopic (exact) mass is 683 g/mol. The van der Waals surface area contributed by atoms with Crippen LogP contribution in [0.15, 0.2) is 97.1 Å². The van der Waals surface area contributed by atoms with Crippen molar-refractivity contribution in [1.29, 1.82) is 0 Å². The molecule has 2 atom stereocenters. The van der Waals surface area contributed by atoms with E-state index >= 15 is 0 Å². The average Bonchev–Trinajstić information content (AvgIpc) is 3.09. The van der Waals surface area contributed by atoms with Crippen molar-refractivity contribution in [3.05, 3.63) is 149 Å². The summed E-state index contributed by atoms with van der Waals surface area (Å²) >= 11 is 0. The molecule has 4 aromatic carbocycles. The molecule has 0 aromatic heterocycles. The second-order valence-electron chi connectivity index (χ2n) is 7.61. The van der Waals surface area contributed by atoms with Crippen molar-refractivity contribution in [2.45, 2.75) is 74.9 Å². The van der Waals surface area contributed by atoms with Crippen LogP contribution in [0.4, 0.5) is 0 Å². The van der Waals surface area contributed by atoms with Crippen LogP contribution in [0.5, 0.6) is 0 Å². The Balaban J connectivity index is -0.000000593. The molecule has 0 amide bonds. The molecule has 0 spiro atoms. The van der Waals surface area contributed by atoms with Gasteiger partial charge in [-0.2, -0.15) is 55.0 Å². The van der Waals surface area contributed by atoms with E-state index in [0.717, 1.165) is 48.7 Å². The predicted molar refractivity (Wildman–Crippen MR) is 198 cm³/mol. The van der Waals surface area contributed by atoms with E-state index in [9.17, 15) is 0 Å². The fraction of sp³-hybridized carbons (Fsp3) is 0.275. The van der Waals surface area contributed by atoms with E-state index in [1.807, 2.05) is 104 Å². The van der Waals surface area contributed by atoms with E-state index in [4.69, 9.17) is 0 Å². The van der Waals surface area contributed by atoms with Gasteiger partial charge in [0, 0.05) is 49.4 Å². The van der Waals surface area contributed by atoms with Crippen molar-refractivity contribution in [2.75, 3.05) is 0 Å². The molecule has 0 saturated carbocycles. The number of hydrogen-bond donors (Lipinski definition) is 0. The van der Waals surface area contributed by atoms with Crippen LogP contribution < -0.4 is 0 Å². The largest absolute Gasteiger partial charge is 0.199 e. The summed E-state index contributed by atoms with van der Waals surface area (Å²) in [6, 6.07) is 35.5. The zero-order chi connectivity index (χ0) is 32.0. The van der Waals surface area contributed by atoms with Crippen molar-refractivity contribution in [3.8, 4) is 23.7 Å². The molecule has 0 fully saturated rings. The topological polar surface area (TPSA) is 0 Å². The summed E-state index contributed by atoms with van der Waals surface area (Å²) in [6.07, 6.45) is 2.20. The van der Waals surface area contributed by atoms with E-state index in [0.29, 0.717) is 0 Å². The first-order valence-electron chi connectivity index (χ1n) is 15.2. The molecule has 227 valence electrons. The van der Waals surface area contributed by atoms with Crippen LogP contribution in [-0.2, 0) is 45.3 Å². The van der Waals surface area contributed by atoms with Gasteiger partial charge in [-0.25, -0.2) is 0 Å². The summed E-state index contributed by atoms with van der Waals surface area (Å²) in [7, 11) is 3.66. The Labute approximate surface area is 295 Å². The number of benzene rings is 4. The van der Waals surface area contributed by atoms with Crippen molar-refractivity contribution < 1.29 is 32.7 Å². The predicted octanol–water partition coefficient (Wildman–Crippen LogP) is 11.8. The molecule has 4 aromatic rings. The maximum absolute atomic E-state index is 3.85. The molecule has 0 N–H and O–H groups in total. The number of rotatable bonds is 3. The van der Waals surface area contributed by atoms with E-state index < -0.39 is 0 Å². The molecule has 2 unspecified atom stereocenters. The second kappa shape index (κ2) is 32.7. The average molecular weight is 684 g/mol. The minimum atomic E-state index is 0. The number of aryl methyl sites for hydroxylation is 1. The van der Waals surface area contributed by atoms with Gasteiger partial charge < -0.3 is 0 Å². The Hall–Kier alpha value is -2.17. The maximum atomic E-state index is 3.85. The molecule has 0 aliphatic rings. The molecule has 0 aliphatic carbocycles. The van der Waals surface area contributed by atoms with Crippen molar-refractivity contribution in [2.24, 2.45) is 0 Å². The standard InChI is InChI=1S/C17H15.C15H13P2.4C2H6.Y/c1-3-15-8-10-17(11-9-15)13-12-16-6-4-14(2)5-7-16;16-17-12-15-10-8-14(9-11-15)7-6-13-4-2-1-3-5-13;4*1-2;/h4-11H,2-3H2,1H3;2-5,8-11,17H,12,16H2;4*1-2H3;/q2*-1;;;;;. The first-order valence-corrected chi connectivity index (χ1v) is 18.2. The van der Waals surface area contributed by atoms with E-state index in [1.54, 1.807) is 0 Å². The molecule has 0 bridgehead atoms. The van der Waals surface area contributed by atoms with Crippen LogP contribution in [0, 0.1) is 36.7 Å². The SMILES string of the molecule is CC.CC.CC.CC.PPCc1ccc(C#Cc2cc[c-]cc2)cc1.[CH2-]c1ccc(C#Cc2ccc(CC)cc2)cc1.[Y].